The lowest BCUT2D eigenvalue weighted by Gasteiger charge is -2.20. The molecule has 1 aliphatic carbocycles. The molecule has 0 saturated heterocycles. The van der Waals surface area contributed by atoms with Crippen molar-refractivity contribution in [1.82, 2.24) is 9.38 Å². The summed E-state index contributed by atoms with van der Waals surface area (Å²) < 4.78 is 6.77. The number of aromatic nitrogens is 2. The fourth-order valence-corrected chi connectivity index (χ4v) is 3.62. The molecule has 1 aliphatic rings. The Bertz CT molecular complexity index is 1010. The standard InChI is InChI=1S/C20H21N3O3/c1-11-12(2)23-10-14(20(25)26-3)8-16(19(23)21-11)22-18-15-7-5-4-6-13(15)9-17(18)24/h4-8,10,17-18,22,24H,9H2,1-3H3/t17-,18-/m1/s1. The number of fused-ring (bicyclic) bond motifs is 2. The molecule has 0 bridgehead atoms. The van der Waals surface area contributed by atoms with Gasteiger partial charge in [-0.05, 0) is 31.0 Å². The van der Waals surface area contributed by atoms with Crippen LogP contribution in [0.1, 0.15) is 38.9 Å². The maximum absolute atomic E-state index is 12.1. The molecule has 26 heavy (non-hydrogen) atoms. The number of rotatable bonds is 3. The molecule has 0 spiro atoms. The number of hydrogen-bond donors (Lipinski definition) is 2. The number of benzene rings is 1. The number of aryl methyl sites for hydroxylation is 2. The van der Waals surface area contributed by atoms with E-state index in [0.29, 0.717) is 17.7 Å². The second kappa shape index (κ2) is 6.14. The van der Waals surface area contributed by atoms with Crippen LogP contribution in [0.25, 0.3) is 5.65 Å². The Labute approximate surface area is 151 Å². The van der Waals surface area contributed by atoms with Crippen LogP contribution in [0.2, 0.25) is 0 Å². The third kappa shape index (κ3) is 2.54. The summed E-state index contributed by atoms with van der Waals surface area (Å²) in [5.74, 6) is -0.409. The Hall–Kier alpha value is -2.86. The van der Waals surface area contributed by atoms with E-state index in [0.717, 1.165) is 28.2 Å². The van der Waals surface area contributed by atoms with Crippen LogP contribution >= 0.6 is 0 Å². The summed E-state index contributed by atoms with van der Waals surface area (Å²) in [6.45, 7) is 3.89. The van der Waals surface area contributed by atoms with Crippen molar-refractivity contribution < 1.29 is 14.6 Å². The minimum Gasteiger partial charge on any atom is -0.465 e. The molecule has 2 heterocycles. The van der Waals surface area contributed by atoms with Crippen LogP contribution in [0.15, 0.2) is 36.5 Å². The normalized spacial score (nSPS) is 18.8. The fourth-order valence-electron chi connectivity index (χ4n) is 3.62. The first-order valence-corrected chi connectivity index (χ1v) is 8.59. The molecule has 134 valence electrons. The van der Waals surface area contributed by atoms with Crippen molar-refractivity contribution in [3.8, 4) is 0 Å². The molecule has 2 aromatic heterocycles. The predicted molar refractivity (Wildman–Crippen MR) is 98.5 cm³/mol. The van der Waals surface area contributed by atoms with Crippen LogP contribution in [0.5, 0.6) is 0 Å². The van der Waals surface area contributed by atoms with E-state index in [1.165, 1.54) is 7.11 Å². The van der Waals surface area contributed by atoms with Crippen molar-refractivity contribution in [3.63, 3.8) is 0 Å². The molecule has 0 saturated carbocycles. The highest BCUT2D eigenvalue weighted by atomic mass is 16.5. The maximum Gasteiger partial charge on any atom is 0.339 e. The number of carbonyl (C=O) groups is 1. The second-order valence-corrected chi connectivity index (χ2v) is 6.70. The highest BCUT2D eigenvalue weighted by Crippen LogP contribution is 2.35. The largest absolute Gasteiger partial charge is 0.465 e. The van der Waals surface area contributed by atoms with E-state index in [-0.39, 0.29) is 6.04 Å². The average Bonchev–Trinajstić information content (AvgIpc) is 3.11. The molecular formula is C20H21N3O3. The first-order chi connectivity index (χ1) is 12.5. The number of anilines is 1. The Kier molecular flexibility index (Phi) is 3.92. The number of pyridine rings is 1. The topological polar surface area (TPSA) is 75.9 Å². The Balaban J connectivity index is 1.83. The lowest BCUT2D eigenvalue weighted by atomic mass is 10.1. The van der Waals surface area contributed by atoms with E-state index in [2.05, 4.69) is 10.3 Å². The van der Waals surface area contributed by atoms with Gasteiger partial charge in [-0.15, -0.1) is 0 Å². The second-order valence-electron chi connectivity index (χ2n) is 6.70. The number of aliphatic hydroxyl groups excluding tert-OH is 1. The molecule has 0 amide bonds. The van der Waals surface area contributed by atoms with E-state index < -0.39 is 12.1 Å². The van der Waals surface area contributed by atoms with Gasteiger partial charge in [-0.3, -0.25) is 0 Å². The van der Waals surface area contributed by atoms with Crippen LogP contribution in [0.4, 0.5) is 5.69 Å². The van der Waals surface area contributed by atoms with Gasteiger partial charge in [0, 0.05) is 18.3 Å². The minimum atomic E-state index is -0.536. The number of carbonyl (C=O) groups excluding carboxylic acids is 1. The monoisotopic (exact) mass is 351 g/mol. The number of ether oxygens (including phenoxy) is 1. The third-order valence-electron chi connectivity index (χ3n) is 5.13. The van der Waals surface area contributed by atoms with Crippen molar-refractivity contribution in [2.45, 2.75) is 32.4 Å². The van der Waals surface area contributed by atoms with E-state index in [9.17, 15) is 9.90 Å². The summed E-state index contributed by atoms with van der Waals surface area (Å²) in [6, 6.07) is 9.49. The van der Waals surface area contributed by atoms with Gasteiger partial charge in [0.25, 0.3) is 0 Å². The highest BCUT2D eigenvalue weighted by molar-refractivity contribution is 5.92. The number of nitrogens with one attached hydrogen (secondary N) is 1. The van der Waals surface area contributed by atoms with Crippen molar-refractivity contribution in [2.75, 3.05) is 12.4 Å². The average molecular weight is 351 g/mol. The van der Waals surface area contributed by atoms with E-state index in [1.807, 2.05) is 42.5 Å². The Morgan fingerprint density at radius 3 is 2.88 bits per heavy atom. The number of esters is 1. The van der Waals surface area contributed by atoms with Gasteiger partial charge in [-0.2, -0.15) is 0 Å². The summed E-state index contributed by atoms with van der Waals surface area (Å²) in [5.41, 5.74) is 5.91. The molecule has 4 rings (SSSR count). The van der Waals surface area contributed by atoms with E-state index >= 15 is 0 Å². The van der Waals surface area contributed by atoms with Crippen molar-refractivity contribution >= 4 is 17.3 Å². The molecule has 3 aromatic rings. The summed E-state index contributed by atoms with van der Waals surface area (Å²) >= 11 is 0. The summed E-state index contributed by atoms with van der Waals surface area (Å²) in [7, 11) is 1.36. The van der Waals surface area contributed by atoms with Gasteiger partial charge in [-0.25, -0.2) is 9.78 Å². The van der Waals surface area contributed by atoms with Crippen molar-refractivity contribution in [2.24, 2.45) is 0 Å². The SMILES string of the molecule is COC(=O)c1cc(N[C@@H]2c3ccccc3C[C@H]2O)c2nc(C)c(C)n2c1. The number of aliphatic hydroxyl groups is 1. The molecule has 0 radical (unpaired) electrons. The first-order valence-electron chi connectivity index (χ1n) is 8.59. The zero-order valence-electron chi connectivity index (χ0n) is 15.0. The van der Waals surface area contributed by atoms with Gasteiger partial charge >= 0.3 is 5.97 Å². The first kappa shape index (κ1) is 16.6. The molecule has 1 aromatic carbocycles. The summed E-state index contributed by atoms with van der Waals surface area (Å²) in [5, 5.41) is 14.0. The molecule has 0 unspecified atom stereocenters. The van der Waals surface area contributed by atoms with Gasteiger partial charge < -0.3 is 19.6 Å². The smallest absolute Gasteiger partial charge is 0.339 e. The van der Waals surface area contributed by atoms with Crippen LogP contribution in [-0.4, -0.2) is 33.7 Å². The Morgan fingerprint density at radius 1 is 1.35 bits per heavy atom. The van der Waals surface area contributed by atoms with Crippen LogP contribution in [-0.2, 0) is 11.2 Å². The summed E-state index contributed by atoms with van der Waals surface area (Å²) in [6.07, 6.45) is 1.81. The van der Waals surface area contributed by atoms with Gasteiger partial charge in [0.2, 0.25) is 0 Å². The summed E-state index contributed by atoms with van der Waals surface area (Å²) in [4.78, 5) is 16.7. The van der Waals surface area contributed by atoms with Crippen LogP contribution in [0, 0.1) is 13.8 Å². The maximum atomic E-state index is 12.1. The molecule has 2 atom stereocenters. The van der Waals surface area contributed by atoms with Gasteiger partial charge in [-0.1, -0.05) is 24.3 Å². The van der Waals surface area contributed by atoms with Gasteiger partial charge in [0.1, 0.15) is 0 Å². The molecule has 6 heteroatoms. The zero-order valence-corrected chi connectivity index (χ0v) is 15.0. The molecule has 2 N–H and O–H groups in total. The van der Waals surface area contributed by atoms with Crippen molar-refractivity contribution in [3.05, 3.63) is 64.6 Å². The lowest BCUT2D eigenvalue weighted by Crippen LogP contribution is -2.22. The fraction of sp³-hybridized carbons (Fsp3) is 0.300. The molecule has 0 aliphatic heterocycles. The highest BCUT2D eigenvalue weighted by Gasteiger charge is 2.31. The predicted octanol–water partition coefficient (Wildman–Crippen LogP) is 2.81. The van der Waals surface area contributed by atoms with Crippen molar-refractivity contribution in [1.29, 1.82) is 0 Å². The van der Waals surface area contributed by atoms with Crippen LogP contribution < -0.4 is 5.32 Å². The third-order valence-corrected chi connectivity index (χ3v) is 5.13. The minimum absolute atomic E-state index is 0.250. The molecule has 0 fully saturated rings. The lowest BCUT2D eigenvalue weighted by molar-refractivity contribution is 0.0600. The Morgan fingerprint density at radius 2 is 2.12 bits per heavy atom. The van der Waals surface area contributed by atoms with Crippen LogP contribution in [0.3, 0.4) is 0 Å². The van der Waals surface area contributed by atoms with E-state index in [4.69, 9.17) is 4.74 Å². The number of methoxy groups -OCH3 is 1. The molecule has 6 nitrogen and oxygen atoms in total. The quantitative estimate of drug-likeness (QED) is 0.710. The van der Waals surface area contributed by atoms with E-state index in [1.54, 1.807) is 12.3 Å². The number of nitrogens with zero attached hydrogens (tertiary/aromatic N) is 2. The van der Waals surface area contributed by atoms with Gasteiger partial charge in [0.15, 0.2) is 5.65 Å². The number of imidazole rings is 1. The number of hydrogen-bond acceptors (Lipinski definition) is 5. The zero-order chi connectivity index (χ0) is 18.4. The molecular weight excluding hydrogens is 330 g/mol. The van der Waals surface area contributed by atoms with Gasteiger partial charge in [0.05, 0.1) is 36.2 Å².